The molecule has 0 fully saturated rings. The first-order valence-electron chi connectivity index (χ1n) is 8.63. The zero-order valence-corrected chi connectivity index (χ0v) is 16.6. The molecule has 0 amide bonds. The third kappa shape index (κ3) is 3.43. The van der Waals surface area contributed by atoms with Gasteiger partial charge in [0.05, 0.1) is 19.2 Å². The smallest absolute Gasteiger partial charge is 0.150 e. The molecule has 0 saturated carbocycles. The first-order chi connectivity index (χ1) is 13.6. The van der Waals surface area contributed by atoms with Gasteiger partial charge in [0.2, 0.25) is 0 Å². The van der Waals surface area contributed by atoms with Crippen LogP contribution in [0.5, 0.6) is 5.75 Å². The molecule has 4 nitrogen and oxygen atoms in total. The van der Waals surface area contributed by atoms with E-state index in [1.165, 1.54) is 6.07 Å². The summed E-state index contributed by atoms with van der Waals surface area (Å²) in [5.41, 5.74) is 3.15. The van der Waals surface area contributed by atoms with Gasteiger partial charge in [-0.15, -0.1) is 0 Å². The van der Waals surface area contributed by atoms with Crippen molar-refractivity contribution in [3.63, 3.8) is 0 Å². The Hall–Kier alpha value is -2.99. The van der Waals surface area contributed by atoms with Crippen LogP contribution in [-0.4, -0.2) is 23.2 Å². The highest BCUT2D eigenvalue weighted by Crippen LogP contribution is 2.32. The topological polar surface area (TPSA) is 44.1 Å². The number of methoxy groups -OCH3 is 1. The van der Waals surface area contributed by atoms with E-state index in [0.29, 0.717) is 29.7 Å². The molecule has 0 atom stereocenters. The number of aromatic nitrogens is 2. The molecule has 140 valence electrons. The molecule has 0 aliphatic rings. The molecule has 3 aromatic carbocycles. The molecule has 0 saturated heterocycles. The fraction of sp³-hybridized carbons (Fsp3) is 0.0909. The fourth-order valence-electron chi connectivity index (χ4n) is 3.17. The molecule has 1 aromatic heterocycles. The summed E-state index contributed by atoms with van der Waals surface area (Å²) in [6, 6.07) is 18.0. The van der Waals surface area contributed by atoms with Crippen molar-refractivity contribution in [2.24, 2.45) is 0 Å². The molecular formula is C22H16BrFN2O2. The van der Waals surface area contributed by atoms with Gasteiger partial charge in [0.25, 0.3) is 0 Å². The molecule has 0 radical (unpaired) electrons. The summed E-state index contributed by atoms with van der Waals surface area (Å²) < 4.78 is 22.6. The van der Waals surface area contributed by atoms with Gasteiger partial charge in [-0.25, -0.2) is 4.39 Å². The highest BCUT2D eigenvalue weighted by Gasteiger charge is 2.16. The lowest BCUT2D eigenvalue weighted by atomic mass is 10.1. The number of hydrogen-bond acceptors (Lipinski definition) is 3. The average Bonchev–Trinajstić information content (AvgIpc) is 3.05. The maximum atomic E-state index is 14.6. The number of rotatable bonds is 5. The van der Waals surface area contributed by atoms with Crippen LogP contribution in [0.25, 0.3) is 22.2 Å². The Kier molecular flexibility index (Phi) is 4.96. The third-order valence-corrected chi connectivity index (χ3v) is 5.08. The molecule has 0 aliphatic carbocycles. The van der Waals surface area contributed by atoms with E-state index in [4.69, 9.17) is 9.84 Å². The van der Waals surface area contributed by atoms with E-state index in [-0.39, 0.29) is 0 Å². The molecule has 0 aliphatic heterocycles. The lowest BCUT2D eigenvalue weighted by molar-refractivity contribution is 0.112. The largest absolute Gasteiger partial charge is 0.497 e. The molecular weight excluding hydrogens is 423 g/mol. The van der Waals surface area contributed by atoms with Crippen LogP contribution in [0.2, 0.25) is 0 Å². The van der Waals surface area contributed by atoms with E-state index < -0.39 is 5.82 Å². The Labute approximate surface area is 169 Å². The fourth-order valence-corrected chi connectivity index (χ4v) is 3.52. The minimum absolute atomic E-state index is 0.297. The summed E-state index contributed by atoms with van der Waals surface area (Å²) in [6.45, 7) is 0.533. The maximum Gasteiger partial charge on any atom is 0.150 e. The lowest BCUT2D eigenvalue weighted by Crippen LogP contribution is -2.02. The quantitative estimate of drug-likeness (QED) is 0.387. The van der Waals surface area contributed by atoms with Crippen molar-refractivity contribution in [3.05, 3.63) is 82.1 Å². The normalized spacial score (nSPS) is 11.0. The van der Waals surface area contributed by atoms with Gasteiger partial charge in [0, 0.05) is 21.0 Å². The Balaban J connectivity index is 1.83. The number of fused-ring (bicyclic) bond motifs is 1. The number of ether oxygens (including phenoxy) is 1. The number of benzene rings is 3. The minimum atomic E-state index is -0.469. The van der Waals surface area contributed by atoms with Gasteiger partial charge in [0.1, 0.15) is 23.5 Å². The van der Waals surface area contributed by atoms with Crippen molar-refractivity contribution in [1.82, 2.24) is 9.78 Å². The van der Waals surface area contributed by atoms with Gasteiger partial charge in [0.15, 0.2) is 0 Å². The second-order valence-electron chi connectivity index (χ2n) is 6.37. The summed E-state index contributed by atoms with van der Waals surface area (Å²) in [6.07, 6.45) is 0.629. The second-order valence-corrected chi connectivity index (χ2v) is 7.29. The van der Waals surface area contributed by atoms with Crippen molar-refractivity contribution in [3.8, 4) is 17.0 Å². The summed E-state index contributed by atoms with van der Waals surface area (Å²) in [5.74, 6) is 0.318. The number of hydrogen-bond donors (Lipinski definition) is 0. The van der Waals surface area contributed by atoms with E-state index in [0.717, 1.165) is 26.7 Å². The minimum Gasteiger partial charge on any atom is -0.497 e. The molecule has 6 heteroatoms. The molecule has 0 bridgehead atoms. The predicted octanol–water partition coefficient (Wildman–Crippen LogP) is 5.47. The number of halogens is 2. The highest BCUT2D eigenvalue weighted by molar-refractivity contribution is 9.10. The van der Waals surface area contributed by atoms with E-state index in [9.17, 15) is 9.18 Å². The Morgan fingerprint density at radius 1 is 1.11 bits per heavy atom. The van der Waals surface area contributed by atoms with E-state index in [1.807, 2.05) is 47.1 Å². The standard InChI is InChI=1S/C22H16BrFN2O2/c1-28-17-6-2-14(3-7-17)12-26-21-11-16(23)5-9-19(21)22(25-26)18-8-4-15(13-27)10-20(18)24/h2-11,13H,12H2,1H3. The molecule has 4 aromatic rings. The lowest BCUT2D eigenvalue weighted by Gasteiger charge is -2.05. The molecule has 0 spiro atoms. The van der Waals surface area contributed by atoms with E-state index >= 15 is 0 Å². The second kappa shape index (κ2) is 7.56. The van der Waals surface area contributed by atoms with Crippen LogP contribution in [0.15, 0.2) is 65.1 Å². The number of carbonyl (C=O) groups is 1. The van der Waals surface area contributed by atoms with Crippen LogP contribution in [0, 0.1) is 5.82 Å². The van der Waals surface area contributed by atoms with Crippen LogP contribution in [0.1, 0.15) is 15.9 Å². The van der Waals surface area contributed by atoms with Gasteiger partial charge in [-0.05, 0) is 48.0 Å². The maximum absolute atomic E-state index is 14.6. The van der Waals surface area contributed by atoms with Crippen molar-refractivity contribution < 1.29 is 13.9 Å². The average molecular weight is 439 g/mol. The summed E-state index contributed by atoms with van der Waals surface area (Å²) >= 11 is 3.50. The van der Waals surface area contributed by atoms with Gasteiger partial charge >= 0.3 is 0 Å². The van der Waals surface area contributed by atoms with Crippen molar-refractivity contribution in [1.29, 1.82) is 0 Å². The molecule has 1 heterocycles. The number of carbonyl (C=O) groups excluding carboxylic acids is 1. The van der Waals surface area contributed by atoms with Gasteiger partial charge < -0.3 is 4.74 Å². The summed E-state index contributed by atoms with van der Waals surface area (Å²) in [4.78, 5) is 10.9. The third-order valence-electron chi connectivity index (χ3n) is 4.59. The summed E-state index contributed by atoms with van der Waals surface area (Å²) in [7, 11) is 1.63. The predicted molar refractivity (Wildman–Crippen MR) is 110 cm³/mol. The summed E-state index contributed by atoms with van der Waals surface area (Å²) in [5, 5.41) is 5.53. The van der Waals surface area contributed by atoms with Crippen LogP contribution in [0.3, 0.4) is 0 Å². The zero-order chi connectivity index (χ0) is 19.7. The Bertz CT molecular complexity index is 1170. The zero-order valence-electron chi connectivity index (χ0n) is 15.0. The molecule has 0 unspecified atom stereocenters. The monoisotopic (exact) mass is 438 g/mol. The van der Waals surface area contributed by atoms with E-state index in [1.54, 1.807) is 19.2 Å². The SMILES string of the molecule is COc1ccc(Cn2nc(-c3ccc(C=O)cc3F)c3ccc(Br)cc32)cc1. The number of aldehydes is 1. The van der Waals surface area contributed by atoms with E-state index in [2.05, 4.69) is 15.9 Å². The van der Waals surface area contributed by atoms with Gasteiger partial charge in [-0.3, -0.25) is 9.48 Å². The first kappa shape index (κ1) is 18.4. The van der Waals surface area contributed by atoms with Crippen LogP contribution >= 0.6 is 15.9 Å². The Morgan fingerprint density at radius 3 is 2.57 bits per heavy atom. The van der Waals surface area contributed by atoms with Crippen LogP contribution < -0.4 is 4.74 Å². The van der Waals surface area contributed by atoms with Crippen molar-refractivity contribution in [2.45, 2.75) is 6.54 Å². The highest BCUT2D eigenvalue weighted by atomic mass is 79.9. The molecule has 28 heavy (non-hydrogen) atoms. The molecule has 0 N–H and O–H groups in total. The van der Waals surface area contributed by atoms with Crippen LogP contribution in [-0.2, 0) is 6.54 Å². The van der Waals surface area contributed by atoms with Crippen molar-refractivity contribution in [2.75, 3.05) is 7.11 Å². The Morgan fingerprint density at radius 2 is 1.89 bits per heavy atom. The van der Waals surface area contributed by atoms with Crippen molar-refractivity contribution >= 4 is 33.1 Å². The first-order valence-corrected chi connectivity index (χ1v) is 9.42. The molecule has 4 rings (SSSR count). The number of nitrogens with zero attached hydrogens (tertiary/aromatic N) is 2. The van der Waals surface area contributed by atoms with Crippen LogP contribution in [0.4, 0.5) is 4.39 Å². The van der Waals surface area contributed by atoms with Gasteiger partial charge in [-0.1, -0.05) is 34.1 Å². The van der Waals surface area contributed by atoms with Gasteiger partial charge in [-0.2, -0.15) is 5.10 Å².